The van der Waals surface area contributed by atoms with Crippen molar-refractivity contribution < 1.29 is 33.6 Å². The molecule has 4 aromatic heterocycles. The molecule has 0 saturated heterocycles. The van der Waals surface area contributed by atoms with E-state index in [-0.39, 0.29) is 41.0 Å². The minimum Gasteiger partial charge on any atom is -0.506 e. The number of H-pyrrole nitrogens is 3. The summed E-state index contributed by atoms with van der Waals surface area (Å²) in [6, 6.07) is 6.59. The minimum atomic E-state index is -0.595. The van der Waals surface area contributed by atoms with Crippen LogP contribution in [0.15, 0.2) is 36.9 Å². The van der Waals surface area contributed by atoms with E-state index < -0.39 is 5.97 Å². The van der Waals surface area contributed by atoms with Crippen LogP contribution in [0.5, 0.6) is 23.0 Å². The molecule has 1 aliphatic heterocycles. The second-order valence-electron chi connectivity index (χ2n) is 10.5. The van der Waals surface area contributed by atoms with Crippen LogP contribution < -0.4 is 24.6 Å². The number of fused-ring (bicyclic) bond motifs is 5. The normalized spacial score (nSPS) is 14.3. The number of rotatable bonds is 7. The maximum absolute atomic E-state index is 14.3. The van der Waals surface area contributed by atoms with E-state index in [1.54, 1.807) is 23.1 Å². The molecule has 2 aromatic carbocycles. The maximum Gasteiger partial charge on any atom is 0.354 e. The lowest BCUT2D eigenvalue weighted by molar-refractivity contribution is 0.0595. The van der Waals surface area contributed by atoms with Gasteiger partial charge in [0.15, 0.2) is 22.6 Å². The molecule has 230 valence electrons. The van der Waals surface area contributed by atoms with Gasteiger partial charge in [0.1, 0.15) is 22.7 Å². The van der Waals surface area contributed by atoms with Gasteiger partial charge in [0, 0.05) is 35.8 Å². The number of nitrogens with one attached hydrogen (secondary N) is 4. The molecule has 6 aromatic rings. The van der Waals surface area contributed by atoms with E-state index >= 15 is 0 Å². The third-order valence-corrected chi connectivity index (χ3v) is 8.19. The Balaban J connectivity index is 1.38. The lowest BCUT2D eigenvalue weighted by Gasteiger charge is -2.18. The van der Waals surface area contributed by atoms with E-state index in [0.29, 0.717) is 62.5 Å². The molecule has 45 heavy (non-hydrogen) atoms. The van der Waals surface area contributed by atoms with Crippen LogP contribution in [0.4, 0.5) is 5.69 Å². The van der Waals surface area contributed by atoms with Crippen molar-refractivity contribution in [3.8, 4) is 23.0 Å². The summed E-state index contributed by atoms with van der Waals surface area (Å²) in [5.41, 5.74) is 3.63. The first-order valence-corrected chi connectivity index (χ1v) is 13.8. The van der Waals surface area contributed by atoms with Gasteiger partial charge in [-0.2, -0.15) is 0 Å². The fourth-order valence-corrected chi connectivity index (χ4v) is 6.21. The van der Waals surface area contributed by atoms with Gasteiger partial charge >= 0.3 is 5.97 Å². The standard InChI is InChI=1S/C30H28N8O7/c1-42-20-6-13-5-16(35-22(13)26(44-3)25(20)43-2)29(40)38-10-14(9-37-12-34-27(31)24-28(37)33-11-32-24)21-15-7-17(30(41)45-4)36-23(15)19(39)8-18(21)38/h5-8,11-12,14,31,35-36,39H,9-10H2,1-4H3,(H,32,33)/t14-/m1/s1. The van der Waals surface area contributed by atoms with Crippen LogP contribution in [0, 0.1) is 5.41 Å². The van der Waals surface area contributed by atoms with Crippen molar-refractivity contribution in [2.45, 2.75) is 12.5 Å². The number of hydrogen-bond acceptors (Lipinski definition) is 10. The fourth-order valence-electron chi connectivity index (χ4n) is 6.21. The summed E-state index contributed by atoms with van der Waals surface area (Å²) < 4.78 is 23.3. The first-order valence-electron chi connectivity index (χ1n) is 13.8. The third-order valence-electron chi connectivity index (χ3n) is 8.19. The summed E-state index contributed by atoms with van der Waals surface area (Å²) in [5.74, 6) is -0.188. The van der Waals surface area contributed by atoms with Gasteiger partial charge in [0.25, 0.3) is 5.91 Å². The molecule has 1 aliphatic rings. The average Bonchev–Trinajstić information content (AvgIpc) is 3.85. The molecule has 1 amide bonds. The van der Waals surface area contributed by atoms with Gasteiger partial charge < -0.3 is 48.5 Å². The molecule has 15 heteroatoms. The Morgan fingerprint density at radius 1 is 0.978 bits per heavy atom. The number of amides is 1. The van der Waals surface area contributed by atoms with Gasteiger partial charge in [-0.15, -0.1) is 0 Å². The molecule has 0 spiro atoms. The van der Waals surface area contributed by atoms with E-state index in [1.807, 2.05) is 4.57 Å². The van der Waals surface area contributed by atoms with Crippen LogP contribution in [0.2, 0.25) is 0 Å². The number of aromatic hydroxyl groups is 1. The number of methoxy groups -OCH3 is 4. The molecule has 0 aliphatic carbocycles. The summed E-state index contributed by atoms with van der Waals surface area (Å²) in [5, 5.41) is 20.4. The molecule has 0 bridgehead atoms. The number of aromatic amines is 3. The Labute approximate surface area is 253 Å². The van der Waals surface area contributed by atoms with Crippen molar-refractivity contribution >= 4 is 50.5 Å². The Morgan fingerprint density at radius 2 is 1.76 bits per heavy atom. The molecule has 0 fully saturated rings. The predicted molar refractivity (Wildman–Crippen MR) is 161 cm³/mol. The van der Waals surface area contributed by atoms with Crippen LogP contribution in [-0.2, 0) is 11.3 Å². The molecule has 5 heterocycles. The number of aromatic nitrogens is 6. The SMILES string of the molecule is COC(=O)c1cc2c3c(cc(O)c2[nH]1)N(C(=O)c1cc2cc(OC)c(OC)c(OC)c2[nH]1)C[C@H]3Cn1cnc(=N)c2[nH]cnc21. The summed E-state index contributed by atoms with van der Waals surface area (Å²) in [4.78, 5) is 46.0. The predicted octanol–water partition coefficient (Wildman–Crippen LogP) is 3.16. The molecule has 1 atom stereocenters. The highest BCUT2D eigenvalue weighted by molar-refractivity contribution is 6.12. The number of phenols is 1. The Hall–Kier alpha value is -5.99. The number of carbonyl (C=O) groups is 2. The van der Waals surface area contributed by atoms with Crippen molar-refractivity contribution in [1.29, 1.82) is 5.41 Å². The zero-order chi connectivity index (χ0) is 31.6. The zero-order valence-electron chi connectivity index (χ0n) is 24.6. The number of imidazole rings is 1. The molecule has 0 radical (unpaired) electrons. The van der Waals surface area contributed by atoms with Gasteiger partial charge in [0.2, 0.25) is 5.75 Å². The van der Waals surface area contributed by atoms with Crippen molar-refractivity contribution in [3.63, 3.8) is 0 Å². The smallest absolute Gasteiger partial charge is 0.354 e. The second-order valence-corrected chi connectivity index (χ2v) is 10.5. The first kappa shape index (κ1) is 27.8. The van der Waals surface area contributed by atoms with Crippen molar-refractivity contribution in [2.75, 3.05) is 39.9 Å². The summed E-state index contributed by atoms with van der Waals surface area (Å²) in [6.45, 7) is 0.561. The molecule has 15 nitrogen and oxygen atoms in total. The Morgan fingerprint density at radius 3 is 2.49 bits per heavy atom. The quantitative estimate of drug-likeness (QED) is 0.168. The van der Waals surface area contributed by atoms with Gasteiger partial charge in [-0.3, -0.25) is 10.2 Å². The first-order chi connectivity index (χ1) is 21.8. The van der Waals surface area contributed by atoms with E-state index in [4.69, 9.17) is 24.4 Å². The monoisotopic (exact) mass is 612 g/mol. The number of nitrogens with zero attached hydrogens (tertiary/aromatic N) is 4. The van der Waals surface area contributed by atoms with Gasteiger partial charge in [-0.1, -0.05) is 0 Å². The van der Waals surface area contributed by atoms with E-state index in [2.05, 4.69) is 24.9 Å². The summed E-state index contributed by atoms with van der Waals surface area (Å²) in [6.07, 6.45) is 3.04. The van der Waals surface area contributed by atoms with Crippen molar-refractivity contribution in [1.82, 2.24) is 29.5 Å². The fraction of sp³-hybridized carbons (Fsp3) is 0.233. The number of benzene rings is 2. The maximum atomic E-state index is 14.3. The van der Waals surface area contributed by atoms with Crippen LogP contribution in [-0.4, -0.2) is 81.5 Å². The third kappa shape index (κ3) is 4.15. The Bertz CT molecular complexity index is 2230. The largest absolute Gasteiger partial charge is 0.506 e. The van der Waals surface area contributed by atoms with E-state index in [0.717, 1.165) is 5.56 Å². The number of hydrogen-bond donors (Lipinski definition) is 5. The van der Waals surface area contributed by atoms with E-state index in [9.17, 15) is 14.7 Å². The molecular weight excluding hydrogens is 584 g/mol. The van der Waals surface area contributed by atoms with Crippen LogP contribution >= 0.6 is 0 Å². The molecule has 5 N–H and O–H groups in total. The zero-order valence-corrected chi connectivity index (χ0v) is 24.6. The number of carbonyl (C=O) groups excluding carboxylic acids is 2. The number of esters is 1. The number of phenolic OH excluding ortho intramolecular Hbond substituents is 1. The van der Waals surface area contributed by atoms with Crippen LogP contribution in [0.1, 0.15) is 32.5 Å². The summed E-state index contributed by atoms with van der Waals surface area (Å²) >= 11 is 0. The lowest BCUT2D eigenvalue weighted by atomic mass is 9.97. The lowest BCUT2D eigenvalue weighted by Crippen LogP contribution is -2.31. The van der Waals surface area contributed by atoms with Gasteiger partial charge in [0.05, 0.1) is 57.8 Å². The van der Waals surface area contributed by atoms with Crippen molar-refractivity contribution in [3.05, 3.63) is 59.4 Å². The van der Waals surface area contributed by atoms with Crippen molar-refractivity contribution in [2.24, 2.45) is 0 Å². The average molecular weight is 613 g/mol. The summed E-state index contributed by atoms with van der Waals surface area (Å²) in [7, 11) is 5.80. The number of anilines is 1. The van der Waals surface area contributed by atoms with Gasteiger partial charge in [-0.25, -0.2) is 14.8 Å². The number of ether oxygens (including phenoxy) is 4. The second kappa shape index (κ2) is 10.3. The molecule has 0 unspecified atom stereocenters. The van der Waals surface area contributed by atoms with E-state index in [1.165, 1.54) is 47.2 Å². The highest BCUT2D eigenvalue weighted by atomic mass is 16.5. The highest BCUT2D eigenvalue weighted by Crippen LogP contribution is 2.47. The highest BCUT2D eigenvalue weighted by Gasteiger charge is 2.37. The van der Waals surface area contributed by atoms with Crippen LogP contribution in [0.25, 0.3) is 33.0 Å². The minimum absolute atomic E-state index is 0.0607. The topological polar surface area (TPSA) is 196 Å². The molecule has 0 saturated carbocycles. The van der Waals surface area contributed by atoms with Crippen LogP contribution in [0.3, 0.4) is 0 Å². The Kier molecular flexibility index (Phi) is 6.38. The molecular formula is C30H28N8O7. The molecule has 7 rings (SSSR count). The van der Waals surface area contributed by atoms with Gasteiger partial charge in [-0.05, 0) is 23.8 Å².